The summed E-state index contributed by atoms with van der Waals surface area (Å²) in [7, 11) is 1.45. The van der Waals surface area contributed by atoms with E-state index in [0.717, 1.165) is 5.52 Å². The van der Waals surface area contributed by atoms with Gasteiger partial charge in [-0.2, -0.15) is 0 Å². The first kappa shape index (κ1) is 19.4. The first-order valence-electron chi connectivity index (χ1n) is 8.47. The Hall–Kier alpha value is -3.32. The minimum Gasteiger partial charge on any atom is -0.452 e. The Morgan fingerprint density at radius 3 is 2.61 bits per heavy atom. The second-order valence-electron chi connectivity index (χ2n) is 6.10. The third-order valence-electron chi connectivity index (χ3n) is 4.09. The lowest BCUT2D eigenvalue weighted by atomic mass is 10.2. The number of carbonyl (C=O) groups excluding carboxylic acids is 3. The molecule has 1 heterocycles. The molecule has 2 aromatic carbocycles. The van der Waals surface area contributed by atoms with Crippen molar-refractivity contribution in [2.24, 2.45) is 0 Å². The van der Waals surface area contributed by atoms with E-state index in [0.29, 0.717) is 21.7 Å². The number of para-hydroxylation sites is 2. The second kappa shape index (κ2) is 8.58. The molecule has 0 bridgehead atoms. The van der Waals surface area contributed by atoms with Crippen molar-refractivity contribution in [2.45, 2.75) is 0 Å². The highest BCUT2D eigenvalue weighted by molar-refractivity contribution is 6.33. The van der Waals surface area contributed by atoms with Crippen molar-refractivity contribution in [3.63, 3.8) is 0 Å². The van der Waals surface area contributed by atoms with E-state index in [-0.39, 0.29) is 6.54 Å². The summed E-state index contributed by atoms with van der Waals surface area (Å²) < 4.78 is 5.09. The van der Waals surface area contributed by atoms with Gasteiger partial charge in [0.15, 0.2) is 6.61 Å². The molecule has 0 saturated heterocycles. The highest BCUT2D eigenvalue weighted by atomic mass is 35.5. The largest absolute Gasteiger partial charge is 0.452 e. The molecule has 0 aliphatic carbocycles. The molecule has 0 spiro atoms. The Morgan fingerprint density at radius 2 is 1.82 bits per heavy atom. The van der Waals surface area contributed by atoms with Gasteiger partial charge in [0.1, 0.15) is 0 Å². The number of nitrogens with one attached hydrogen (secondary N) is 2. The quantitative estimate of drug-likeness (QED) is 0.623. The lowest BCUT2D eigenvalue weighted by Gasteiger charge is -2.17. The van der Waals surface area contributed by atoms with E-state index in [2.05, 4.69) is 10.3 Å². The molecule has 0 saturated carbocycles. The van der Waals surface area contributed by atoms with Crippen LogP contribution in [0, 0.1) is 0 Å². The third kappa shape index (κ3) is 4.50. The topological polar surface area (TPSA) is 91.5 Å². The van der Waals surface area contributed by atoms with Crippen LogP contribution in [0.1, 0.15) is 10.4 Å². The van der Waals surface area contributed by atoms with Crippen molar-refractivity contribution in [1.29, 1.82) is 0 Å². The summed E-state index contributed by atoms with van der Waals surface area (Å²) in [5, 5.41) is 3.74. The minimum absolute atomic E-state index is 0.200. The molecule has 0 aliphatic rings. The predicted molar refractivity (Wildman–Crippen MR) is 106 cm³/mol. The van der Waals surface area contributed by atoms with E-state index < -0.39 is 24.4 Å². The van der Waals surface area contributed by atoms with Gasteiger partial charge in [-0.15, -0.1) is 0 Å². The Labute approximate surface area is 166 Å². The van der Waals surface area contributed by atoms with Crippen molar-refractivity contribution in [3.05, 3.63) is 65.3 Å². The molecule has 0 fully saturated rings. The number of nitrogens with zero attached hydrogens (tertiary/aromatic N) is 1. The van der Waals surface area contributed by atoms with Crippen LogP contribution < -0.4 is 5.32 Å². The molecule has 0 radical (unpaired) electrons. The molecule has 0 atom stereocenters. The van der Waals surface area contributed by atoms with Crippen LogP contribution in [-0.2, 0) is 14.3 Å². The number of amides is 2. The molecule has 8 heteroatoms. The number of anilines is 1. The van der Waals surface area contributed by atoms with Gasteiger partial charge in [-0.1, -0.05) is 41.9 Å². The third-order valence-corrected chi connectivity index (χ3v) is 4.42. The van der Waals surface area contributed by atoms with Gasteiger partial charge in [0.25, 0.3) is 5.91 Å². The number of halogens is 1. The molecule has 3 rings (SSSR count). The van der Waals surface area contributed by atoms with Crippen LogP contribution in [0.4, 0.5) is 5.69 Å². The number of esters is 1. The molecule has 0 unspecified atom stereocenters. The maximum atomic E-state index is 12.2. The molecule has 7 nitrogen and oxygen atoms in total. The summed E-state index contributed by atoms with van der Waals surface area (Å²) in [6, 6.07) is 14.1. The van der Waals surface area contributed by atoms with E-state index in [1.165, 1.54) is 18.1 Å². The number of aromatic nitrogens is 1. The van der Waals surface area contributed by atoms with Gasteiger partial charge >= 0.3 is 5.97 Å². The zero-order chi connectivity index (χ0) is 20.1. The number of H-pyrrole nitrogens is 1. The Balaban J connectivity index is 1.52. The van der Waals surface area contributed by atoms with Gasteiger partial charge in [-0.25, -0.2) is 4.79 Å². The molecule has 2 N–H and O–H groups in total. The van der Waals surface area contributed by atoms with Crippen LogP contribution in [0.25, 0.3) is 10.9 Å². The molecule has 3 aromatic rings. The van der Waals surface area contributed by atoms with E-state index >= 15 is 0 Å². The number of fused-ring (bicyclic) bond motifs is 1. The van der Waals surface area contributed by atoms with Crippen LogP contribution in [-0.4, -0.2) is 47.9 Å². The smallest absolute Gasteiger partial charge is 0.340 e. The summed E-state index contributed by atoms with van der Waals surface area (Å²) in [5.74, 6) is -1.52. The lowest BCUT2D eigenvalue weighted by Crippen LogP contribution is -2.37. The van der Waals surface area contributed by atoms with Crippen molar-refractivity contribution >= 4 is 46.0 Å². The average Bonchev–Trinajstić information content (AvgIpc) is 3.11. The molecule has 0 aliphatic heterocycles. The van der Waals surface area contributed by atoms with E-state index in [4.69, 9.17) is 16.3 Å². The van der Waals surface area contributed by atoms with Gasteiger partial charge in [0.05, 0.1) is 22.8 Å². The van der Waals surface area contributed by atoms with Gasteiger partial charge in [0.2, 0.25) is 5.91 Å². The fraction of sp³-hybridized carbons (Fsp3) is 0.150. The normalized spacial score (nSPS) is 10.5. The zero-order valence-electron chi connectivity index (χ0n) is 15.1. The number of hydrogen-bond acceptors (Lipinski definition) is 4. The Kier molecular flexibility index (Phi) is 5.96. The van der Waals surface area contributed by atoms with Gasteiger partial charge in [-0.05, 0) is 18.2 Å². The summed E-state index contributed by atoms with van der Waals surface area (Å²) >= 11 is 5.99. The fourth-order valence-electron chi connectivity index (χ4n) is 2.61. The van der Waals surface area contributed by atoms with Crippen LogP contribution >= 0.6 is 11.6 Å². The number of aromatic amines is 1. The highest BCUT2D eigenvalue weighted by Crippen LogP contribution is 2.20. The maximum Gasteiger partial charge on any atom is 0.340 e. The van der Waals surface area contributed by atoms with Gasteiger partial charge < -0.3 is 19.9 Å². The molecule has 1 aromatic heterocycles. The monoisotopic (exact) mass is 399 g/mol. The summed E-state index contributed by atoms with van der Waals surface area (Å²) in [5.41, 5.74) is 1.61. The first-order valence-corrected chi connectivity index (χ1v) is 8.85. The van der Waals surface area contributed by atoms with Crippen LogP contribution in [0.15, 0.2) is 54.7 Å². The molecule has 2 amide bonds. The number of hydrogen-bond donors (Lipinski definition) is 2. The Morgan fingerprint density at radius 1 is 1.11 bits per heavy atom. The van der Waals surface area contributed by atoms with Crippen molar-refractivity contribution in [3.8, 4) is 0 Å². The summed E-state index contributed by atoms with van der Waals surface area (Å²) in [6.07, 6.45) is 1.54. The van der Waals surface area contributed by atoms with Crippen LogP contribution in [0.2, 0.25) is 5.02 Å². The highest BCUT2D eigenvalue weighted by Gasteiger charge is 2.18. The molecular formula is C20H18ClN3O4. The van der Waals surface area contributed by atoms with Gasteiger partial charge in [0, 0.05) is 24.1 Å². The lowest BCUT2D eigenvalue weighted by molar-refractivity contribution is -0.136. The predicted octanol–water partition coefficient (Wildman–Crippen LogP) is 3.08. The van der Waals surface area contributed by atoms with Crippen molar-refractivity contribution in [2.75, 3.05) is 25.5 Å². The fourth-order valence-corrected chi connectivity index (χ4v) is 2.79. The summed E-state index contributed by atoms with van der Waals surface area (Å²) in [4.78, 5) is 40.6. The summed E-state index contributed by atoms with van der Waals surface area (Å²) in [6.45, 7) is -0.664. The standard InChI is InChI=1S/C20H18ClN3O4/c1-24(11-18(25)23-17-9-5-3-7-15(17)21)19(26)12-28-20(27)14-10-22-16-8-4-2-6-13(14)16/h2-10,22H,11-12H2,1H3,(H,23,25). The number of likely N-dealkylation sites (N-methyl/N-ethyl adjacent to an activating group) is 1. The number of ether oxygens (including phenoxy) is 1. The van der Waals surface area contributed by atoms with Crippen LogP contribution in [0.3, 0.4) is 0 Å². The minimum atomic E-state index is -0.611. The zero-order valence-corrected chi connectivity index (χ0v) is 15.8. The van der Waals surface area contributed by atoms with E-state index in [9.17, 15) is 14.4 Å². The van der Waals surface area contributed by atoms with Crippen LogP contribution in [0.5, 0.6) is 0 Å². The van der Waals surface area contributed by atoms with Crippen molar-refractivity contribution < 1.29 is 19.1 Å². The molecule has 144 valence electrons. The number of carbonyl (C=O) groups is 3. The SMILES string of the molecule is CN(CC(=O)Nc1ccccc1Cl)C(=O)COC(=O)c1c[nH]c2ccccc12. The van der Waals surface area contributed by atoms with E-state index in [1.54, 1.807) is 30.3 Å². The molecule has 28 heavy (non-hydrogen) atoms. The van der Waals surface area contributed by atoms with Crippen molar-refractivity contribution in [1.82, 2.24) is 9.88 Å². The Bertz CT molecular complexity index is 1030. The van der Waals surface area contributed by atoms with Gasteiger partial charge in [-0.3, -0.25) is 9.59 Å². The second-order valence-corrected chi connectivity index (χ2v) is 6.51. The average molecular weight is 400 g/mol. The van der Waals surface area contributed by atoms with E-state index in [1.807, 2.05) is 18.2 Å². The maximum absolute atomic E-state index is 12.2. The number of benzene rings is 2. The first-order chi connectivity index (χ1) is 13.5. The molecular weight excluding hydrogens is 382 g/mol. The number of rotatable bonds is 6.